The summed E-state index contributed by atoms with van der Waals surface area (Å²) in [6.07, 6.45) is 0. The molecule has 1 aliphatic rings. The van der Waals surface area contributed by atoms with Crippen LogP contribution >= 0.6 is 0 Å². The molecule has 0 aliphatic carbocycles. The van der Waals surface area contributed by atoms with Gasteiger partial charge in [-0.25, -0.2) is 4.39 Å². The molecule has 0 atom stereocenters. The molecule has 0 amide bonds. The second-order valence-corrected chi connectivity index (χ2v) is 5.96. The van der Waals surface area contributed by atoms with Crippen LogP contribution in [0.5, 0.6) is 0 Å². The third kappa shape index (κ3) is 4.16. The summed E-state index contributed by atoms with van der Waals surface area (Å²) in [5.74, 6) is -0.282. The van der Waals surface area contributed by atoms with Crippen LogP contribution in [0, 0.1) is 17.1 Å². The Morgan fingerprint density at radius 3 is 2.17 bits per heavy atom. The SMILES string of the molecule is N#Cc1ccc(CN2CCN(Cc3ccccc3)CC2)c(F)c1. The van der Waals surface area contributed by atoms with Crippen molar-refractivity contribution in [3.05, 3.63) is 71.0 Å². The minimum atomic E-state index is -0.282. The van der Waals surface area contributed by atoms with Crippen molar-refractivity contribution in [2.75, 3.05) is 26.2 Å². The first-order chi connectivity index (χ1) is 11.2. The molecule has 2 aromatic rings. The normalized spacial score (nSPS) is 16.2. The van der Waals surface area contributed by atoms with Gasteiger partial charge in [-0.05, 0) is 17.7 Å². The fourth-order valence-electron chi connectivity index (χ4n) is 2.93. The summed E-state index contributed by atoms with van der Waals surface area (Å²) in [4.78, 5) is 4.70. The van der Waals surface area contributed by atoms with Crippen LogP contribution < -0.4 is 0 Å². The molecule has 2 aromatic carbocycles. The molecule has 0 saturated carbocycles. The highest BCUT2D eigenvalue weighted by atomic mass is 19.1. The summed E-state index contributed by atoms with van der Waals surface area (Å²) < 4.78 is 14.0. The smallest absolute Gasteiger partial charge is 0.129 e. The van der Waals surface area contributed by atoms with Gasteiger partial charge in [-0.15, -0.1) is 0 Å². The zero-order valence-electron chi connectivity index (χ0n) is 13.1. The average Bonchev–Trinajstić information content (AvgIpc) is 2.59. The predicted molar refractivity (Wildman–Crippen MR) is 88.1 cm³/mol. The van der Waals surface area contributed by atoms with Gasteiger partial charge in [-0.3, -0.25) is 9.80 Å². The number of piperazine rings is 1. The average molecular weight is 309 g/mol. The van der Waals surface area contributed by atoms with Gasteiger partial charge < -0.3 is 0 Å². The molecule has 3 rings (SSSR count). The molecule has 1 fully saturated rings. The maximum absolute atomic E-state index is 14.0. The zero-order valence-corrected chi connectivity index (χ0v) is 13.1. The zero-order chi connectivity index (χ0) is 16.1. The number of rotatable bonds is 4. The Morgan fingerprint density at radius 2 is 1.57 bits per heavy atom. The molecule has 0 N–H and O–H groups in total. The standard InChI is InChI=1S/C19H20FN3/c20-19-12-17(13-21)6-7-18(19)15-23-10-8-22(9-11-23)14-16-4-2-1-3-5-16/h1-7,12H,8-11,14-15H2. The van der Waals surface area contributed by atoms with Gasteiger partial charge in [0, 0.05) is 44.8 Å². The summed E-state index contributed by atoms with van der Waals surface area (Å²) in [6.45, 7) is 5.44. The Balaban J connectivity index is 1.52. The summed E-state index contributed by atoms with van der Waals surface area (Å²) in [7, 11) is 0. The molecule has 118 valence electrons. The molecule has 3 nitrogen and oxygen atoms in total. The fourth-order valence-corrected chi connectivity index (χ4v) is 2.93. The van der Waals surface area contributed by atoms with Crippen LogP contribution in [-0.2, 0) is 13.1 Å². The highest BCUT2D eigenvalue weighted by Crippen LogP contribution is 2.15. The number of nitriles is 1. The van der Waals surface area contributed by atoms with Crippen LogP contribution in [0.2, 0.25) is 0 Å². The number of benzene rings is 2. The molecule has 0 spiro atoms. The quantitative estimate of drug-likeness (QED) is 0.870. The third-order valence-corrected chi connectivity index (χ3v) is 4.29. The van der Waals surface area contributed by atoms with Crippen LogP contribution in [-0.4, -0.2) is 36.0 Å². The van der Waals surface area contributed by atoms with Gasteiger partial charge in [0.25, 0.3) is 0 Å². The maximum Gasteiger partial charge on any atom is 0.129 e. The monoisotopic (exact) mass is 309 g/mol. The van der Waals surface area contributed by atoms with E-state index in [1.165, 1.54) is 11.6 Å². The Labute approximate surface area is 136 Å². The van der Waals surface area contributed by atoms with Gasteiger partial charge in [0.05, 0.1) is 11.6 Å². The highest BCUT2D eigenvalue weighted by Gasteiger charge is 2.18. The first kappa shape index (κ1) is 15.7. The van der Waals surface area contributed by atoms with Gasteiger partial charge in [0.15, 0.2) is 0 Å². The maximum atomic E-state index is 14.0. The lowest BCUT2D eigenvalue weighted by Crippen LogP contribution is -2.45. The second-order valence-electron chi connectivity index (χ2n) is 5.96. The number of hydrogen-bond acceptors (Lipinski definition) is 3. The van der Waals surface area contributed by atoms with E-state index in [0.717, 1.165) is 32.7 Å². The van der Waals surface area contributed by atoms with Gasteiger partial charge in [0.2, 0.25) is 0 Å². The molecular weight excluding hydrogens is 289 g/mol. The Hall–Kier alpha value is -2.22. The summed E-state index contributed by atoms with van der Waals surface area (Å²) in [5, 5.41) is 8.79. The van der Waals surface area contributed by atoms with Crippen molar-refractivity contribution in [3.8, 4) is 6.07 Å². The molecule has 0 radical (unpaired) electrons. The predicted octanol–water partition coefficient (Wildman–Crippen LogP) is 3.02. The minimum Gasteiger partial charge on any atom is -0.297 e. The fraction of sp³-hybridized carbons (Fsp3) is 0.316. The van der Waals surface area contributed by atoms with Crippen molar-refractivity contribution >= 4 is 0 Å². The van der Waals surface area contributed by atoms with Crippen LogP contribution in [0.15, 0.2) is 48.5 Å². The molecule has 4 heteroatoms. The summed E-state index contributed by atoms with van der Waals surface area (Å²) >= 11 is 0. The van der Waals surface area contributed by atoms with E-state index < -0.39 is 0 Å². The van der Waals surface area contributed by atoms with E-state index in [4.69, 9.17) is 5.26 Å². The van der Waals surface area contributed by atoms with E-state index in [0.29, 0.717) is 17.7 Å². The lowest BCUT2D eigenvalue weighted by molar-refractivity contribution is 0.121. The first-order valence-corrected chi connectivity index (χ1v) is 7.92. The Bertz CT molecular complexity index is 686. The summed E-state index contributed by atoms with van der Waals surface area (Å²) in [5.41, 5.74) is 2.37. The van der Waals surface area contributed by atoms with Crippen molar-refractivity contribution in [1.29, 1.82) is 5.26 Å². The van der Waals surface area contributed by atoms with E-state index in [1.807, 2.05) is 12.1 Å². The first-order valence-electron chi connectivity index (χ1n) is 7.92. The van der Waals surface area contributed by atoms with Crippen molar-refractivity contribution < 1.29 is 4.39 Å². The topological polar surface area (TPSA) is 30.3 Å². The van der Waals surface area contributed by atoms with Crippen molar-refractivity contribution in [2.24, 2.45) is 0 Å². The summed E-state index contributed by atoms with van der Waals surface area (Å²) in [6, 6.07) is 17.2. The molecule has 1 heterocycles. The van der Waals surface area contributed by atoms with Crippen molar-refractivity contribution in [3.63, 3.8) is 0 Å². The number of halogens is 1. The van der Waals surface area contributed by atoms with Crippen LogP contribution in [0.3, 0.4) is 0 Å². The minimum absolute atomic E-state index is 0.282. The van der Waals surface area contributed by atoms with Gasteiger partial charge in [-0.2, -0.15) is 5.26 Å². The Morgan fingerprint density at radius 1 is 0.913 bits per heavy atom. The van der Waals surface area contributed by atoms with E-state index in [1.54, 1.807) is 12.1 Å². The molecule has 1 saturated heterocycles. The van der Waals surface area contributed by atoms with Crippen molar-refractivity contribution in [2.45, 2.75) is 13.1 Å². The van der Waals surface area contributed by atoms with Crippen LogP contribution in [0.1, 0.15) is 16.7 Å². The molecule has 0 bridgehead atoms. The molecular formula is C19H20FN3. The number of hydrogen-bond donors (Lipinski definition) is 0. The second kappa shape index (κ2) is 7.36. The van der Waals surface area contributed by atoms with Gasteiger partial charge >= 0.3 is 0 Å². The molecule has 0 unspecified atom stereocenters. The van der Waals surface area contributed by atoms with E-state index in [-0.39, 0.29) is 5.82 Å². The highest BCUT2D eigenvalue weighted by molar-refractivity contribution is 5.32. The molecule has 1 aliphatic heterocycles. The molecule has 0 aromatic heterocycles. The lowest BCUT2D eigenvalue weighted by atomic mass is 10.1. The third-order valence-electron chi connectivity index (χ3n) is 4.29. The van der Waals surface area contributed by atoms with Crippen molar-refractivity contribution in [1.82, 2.24) is 9.80 Å². The van der Waals surface area contributed by atoms with Crippen LogP contribution in [0.25, 0.3) is 0 Å². The van der Waals surface area contributed by atoms with Crippen LogP contribution in [0.4, 0.5) is 4.39 Å². The molecule has 23 heavy (non-hydrogen) atoms. The lowest BCUT2D eigenvalue weighted by Gasteiger charge is -2.34. The Kier molecular flexibility index (Phi) is 5.02. The van der Waals surface area contributed by atoms with E-state index >= 15 is 0 Å². The van der Waals surface area contributed by atoms with Gasteiger partial charge in [0.1, 0.15) is 5.82 Å². The van der Waals surface area contributed by atoms with E-state index in [2.05, 4.69) is 34.1 Å². The van der Waals surface area contributed by atoms with E-state index in [9.17, 15) is 4.39 Å². The number of nitrogens with zero attached hydrogens (tertiary/aromatic N) is 3. The largest absolute Gasteiger partial charge is 0.297 e. The van der Waals surface area contributed by atoms with Gasteiger partial charge in [-0.1, -0.05) is 36.4 Å².